The van der Waals surface area contributed by atoms with Gasteiger partial charge in [-0.1, -0.05) is 221 Å². The van der Waals surface area contributed by atoms with Gasteiger partial charge in [-0.05, 0) is 122 Å². The summed E-state index contributed by atoms with van der Waals surface area (Å²) in [4.78, 5) is 38.1. The van der Waals surface area contributed by atoms with Crippen LogP contribution >= 0.6 is 0 Å². The first-order chi connectivity index (χ1) is 34.0. The Morgan fingerprint density at radius 1 is 0.304 bits per heavy atom. The van der Waals surface area contributed by atoms with Gasteiger partial charge in [-0.25, -0.2) is 0 Å². The van der Waals surface area contributed by atoms with E-state index in [1.54, 1.807) is 0 Å². The van der Waals surface area contributed by atoms with Gasteiger partial charge in [0.2, 0.25) is 0 Å². The topological polar surface area (TPSA) is 78.9 Å². The molecular weight excluding hydrogens is 853 g/mol. The van der Waals surface area contributed by atoms with E-state index in [1.807, 2.05) is 0 Å². The molecule has 0 aliphatic heterocycles. The molecule has 0 aromatic heterocycles. The van der Waals surface area contributed by atoms with Crippen molar-refractivity contribution < 1.29 is 28.6 Å². The van der Waals surface area contributed by atoms with Crippen molar-refractivity contribution in [3.8, 4) is 0 Å². The van der Waals surface area contributed by atoms with Crippen molar-refractivity contribution in [2.75, 3.05) is 13.2 Å². The van der Waals surface area contributed by atoms with Gasteiger partial charge < -0.3 is 14.2 Å². The summed E-state index contributed by atoms with van der Waals surface area (Å²) in [5.74, 6) is -0.987. The predicted octanol–water partition coefficient (Wildman–Crippen LogP) is 19.3. The van der Waals surface area contributed by atoms with Crippen LogP contribution in [0.1, 0.15) is 265 Å². The van der Waals surface area contributed by atoms with Crippen molar-refractivity contribution in [1.29, 1.82) is 0 Å². The number of rotatable bonds is 51. The Hall–Kier alpha value is -3.67. The first-order valence-corrected chi connectivity index (χ1v) is 28.7. The third-order valence-corrected chi connectivity index (χ3v) is 12.0. The second-order valence-corrected chi connectivity index (χ2v) is 18.8. The number of esters is 3. The highest BCUT2D eigenvalue weighted by molar-refractivity contribution is 5.71. The Kier molecular flexibility index (Phi) is 53.9. The number of hydrogen-bond acceptors (Lipinski definition) is 6. The van der Waals surface area contributed by atoms with Gasteiger partial charge in [-0.3, -0.25) is 14.4 Å². The molecule has 0 bridgehead atoms. The van der Waals surface area contributed by atoms with Gasteiger partial charge in [-0.15, -0.1) is 0 Å². The van der Waals surface area contributed by atoms with Crippen molar-refractivity contribution in [3.05, 3.63) is 97.2 Å². The fourth-order valence-corrected chi connectivity index (χ4v) is 7.73. The van der Waals surface area contributed by atoms with Crippen molar-refractivity contribution >= 4 is 17.9 Å². The molecule has 0 aromatic carbocycles. The summed E-state index contributed by atoms with van der Waals surface area (Å²) in [6, 6.07) is 0. The molecule has 69 heavy (non-hydrogen) atoms. The van der Waals surface area contributed by atoms with Crippen LogP contribution in [0, 0.1) is 0 Å². The second kappa shape index (κ2) is 56.9. The van der Waals surface area contributed by atoms with E-state index in [4.69, 9.17) is 14.2 Å². The maximum Gasteiger partial charge on any atom is 0.306 e. The van der Waals surface area contributed by atoms with E-state index in [1.165, 1.54) is 128 Å². The summed E-state index contributed by atoms with van der Waals surface area (Å²) in [5.41, 5.74) is 0. The Morgan fingerprint density at radius 2 is 0.565 bits per heavy atom. The minimum atomic E-state index is -0.816. The second-order valence-electron chi connectivity index (χ2n) is 18.8. The number of unbranched alkanes of at least 4 members (excludes halogenated alkanes) is 24. The Morgan fingerprint density at radius 3 is 0.957 bits per heavy atom. The third-order valence-electron chi connectivity index (χ3n) is 12.0. The van der Waals surface area contributed by atoms with Gasteiger partial charge in [0.25, 0.3) is 0 Å². The minimum absolute atomic E-state index is 0.107. The van der Waals surface area contributed by atoms with Crippen LogP contribution in [0.2, 0.25) is 0 Å². The van der Waals surface area contributed by atoms with Crippen LogP contribution in [0.3, 0.4) is 0 Å². The van der Waals surface area contributed by atoms with Gasteiger partial charge in [0, 0.05) is 19.3 Å². The first-order valence-electron chi connectivity index (χ1n) is 28.7. The van der Waals surface area contributed by atoms with Crippen molar-refractivity contribution in [1.82, 2.24) is 0 Å². The van der Waals surface area contributed by atoms with Crippen LogP contribution in [-0.4, -0.2) is 37.2 Å². The average molecular weight is 960 g/mol. The van der Waals surface area contributed by atoms with Crippen molar-refractivity contribution in [2.24, 2.45) is 0 Å². The number of carbonyl (C=O) groups excluding carboxylic acids is 3. The van der Waals surface area contributed by atoms with Crippen LogP contribution in [0.5, 0.6) is 0 Å². The zero-order chi connectivity index (χ0) is 50.0. The molecule has 0 N–H and O–H groups in total. The molecule has 0 unspecified atom stereocenters. The molecule has 0 aliphatic carbocycles. The highest BCUT2D eigenvalue weighted by Crippen LogP contribution is 2.15. The molecule has 394 valence electrons. The SMILES string of the molecule is CC/C=C\C/C=C\C/C=C\C/C=C\CCCCC(=O)O[C@H](COC(=O)CCCC/C=C\C/C=C\C/C=C\CCCCC)COC(=O)CCCCCCCCCCCCC/C=C\CCCCCCCC. The van der Waals surface area contributed by atoms with Gasteiger partial charge in [-0.2, -0.15) is 0 Å². The highest BCUT2D eigenvalue weighted by Gasteiger charge is 2.19. The van der Waals surface area contributed by atoms with Crippen LogP contribution in [0.4, 0.5) is 0 Å². The highest BCUT2D eigenvalue weighted by atomic mass is 16.6. The molecule has 0 amide bonds. The Bertz CT molecular complexity index is 1380. The largest absolute Gasteiger partial charge is 0.462 e. The summed E-state index contributed by atoms with van der Waals surface area (Å²) in [6.45, 7) is 6.43. The molecule has 6 heteroatoms. The molecular formula is C63H106O6. The van der Waals surface area contributed by atoms with Gasteiger partial charge in [0.05, 0.1) is 0 Å². The molecule has 0 radical (unpaired) electrons. The molecule has 0 spiro atoms. The average Bonchev–Trinajstić information content (AvgIpc) is 3.35. The number of allylic oxidation sites excluding steroid dienone is 16. The lowest BCUT2D eigenvalue weighted by atomic mass is 10.0. The van der Waals surface area contributed by atoms with E-state index >= 15 is 0 Å². The molecule has 0 aromatic rings. The van der Waals surface area contributed by atoms with Crippen molar-refractivity contribution in [2.45, 2.75) is 271 Å². The van der Waals surface area contributed by atoms with E-state index < -0.39 is 6.10 Å². The minimum Gasteiger partial charge on any atom is -0.462 e. The normalized spacial score (nSPS) is 12.8. The van der Waals surface area contributed by atoms with Gasteiger partial charge in [0.15, 0.2) is 6.10 Å². The first kappa shape index (κ1) is 65.3. The lowest BCUT2D eigenvalue weighted by Gasteiger charge is -2.18. The number of carbonyl (C=O) groups is 3. The van der Waals surface area contributed by atoms with Crippen LogP contribution < -0.4 is 0 Å². The van der Waals surface area contributed by atoms with Gasteiger partial charge in [0.1, 0.15) is 13.2 Å². The maximum atomic E-state index is 12.8. The molecule has 6 nitrogen and oxygen atoms in total. The van der Waals surface area contributed by atoms with E-state index in [-0.39, 0.29) is 37.5 Å². The summed E-state index contributed by atoms with van der Waals surface area (Å²) < 4.78 is 16.8. The smallest absolute Gasteiger partial charge is 0.306 e. The quantitative estimate of drug-likeness (QED) is 0.0262. The van der Waals surface area contributed by atoms with Crippen LogP contribution in [-0.2, 0) is 28.6 Å². The van der Waals surface area contributed by atoms with Crippen LogP contribution in [0.25, 0.3) is 0 Å². The number of ether oxygens (including phenoxy) is 3. The zero-order valence-corrected chi connectivity index (χ0v) is 45.0. The molecule has 0 fully saturated rings. The summed E-state index contributed by atoms with van der Waals surface area (Å²) in [6.07, 6.45) is 75.5. The Labute approximate surface area is 426 Å². The summed E-state index contributed by atoms with van der Waals surface area (Å²) >= 11 is 0. The molecule has 0 saturated heterocycles. The van der Waals surface area contributed by atoms with Gasteiger partial charge >= 0.3 is 17.9 Å². The molecule has 0 heterocycles. The lowest BCUT2D eigenvalue weighted by Crippen LogP contribution is -2.30. The maximum absolute atomic E-state index is 12.8. The molecule has 0 aliphatic rings. The van der Waals surface area contributed by atoms with E-state index in [0.29, 0.717) is 19.3 Å². The molecule has 1 atom stereocenters. The lowest BCUT2D eigenvalue weighted by molar-refractivity contribution is -0.167. The molecule has 0 rings (SSSR count). The van der Waals surface area contributed by atoms with E-state index in [2.05, 4.69) is 118 Å². The Balaban J connectivity index is 4.44. The standard InChI is InChI=1S/C63H106O6/c1-4-7-10-13-16-19-22-25-28-29-30-31-32-33-36-38-41-44-47-50-53-56-62(65)68-59-60(69-63(66)57-54-51-48-45-42-39-35-27-24-21-18-15-12-9-6-3)58-67-61(64)55-52-49-46-43-40-37-34-26-23-20-17-14-11-8-5-2/h9,12,17-18,20-21,25-28,34-35,40,42-43,45,60H,4-8,10-11,13-16,19,22-24,29-33,36-39,41,44,46-59H2,1-3H3/b12-9-,20-17-,21-18-,28-25-,34-26-,35-27-,43-40-,45-42-/t60-/m1/s1. The fraction of sp³-hybridized carbons (Fsp3) is 0.698. The predicted molar refractivity (Wildman–Crippen MR) is 297 cm³/mol. The van der Waals surface area contributed by atoms with Crippen molar-refractivity contribution in [3.63, 3.8) is 0 Å². The van der Waals surface area contributed by atoms with E-state index in [0.717, 1.165) is 89.9 Å². The third kappa shape index (κ3) is 55.1. The zero-order valence-electron chi connectivity index (χ0n) is 45.0. The molecule has 0 saturated carbocycles. The summed E-state index contributed by atoms with van der Waals surface area (Å²) in [5, 5.41) is 0. The number of hydrogen-bond donors (Lipinski definition) is 0. The monoisotopic (exact) mass is 959 g/mol. The summed E-state index contributed by atoms with van der Waals surface area (Å²) in [7, 11) is 0. The van der Waals surface area contributed by atoms with Crippen LogP contribution in [0.15, 0.2) is 97.2 Å². The van der Waals surface area contributed by atoms with E-state index in [9.17, 15) is 14.4 Å². The fourth-order valence-electron chi connectivity index (χ4n) is 7.73.